The Hall–Kier alpha value is -1.02. The first-order valence-electron chi connectivity index (χ1n) is 6.22. The van der Waals surface area contributed by atoms with Gasteiger partial charge in [0.15, 0.2) is 0 Å². The molecule has 1 aromatic rings. The first-order valence-corrected chi connectivity index (χ1v) is 6.22. The fourth-order valence-electron chi connectivity index (χ4n) is 3.07. The number of rotatable bonds is 1. The van der Waals surface area contributed by atoms with E-state index >= 15 is 0 Å². The maximum Gasteiger partial charge on any atom is 0.0396 e. The van der Waals surface area contributed by atoms with Crippen molar-refractivity contribution in [1.82, 2.24) is 5.32 Å². The fraction of sp³-hybridized carbons (Fsp3) is 0.571. The van der Waals surface area contributed by atoms with Crippen LogP contribution in [0.3, 0.4) is 0 Å². The van der Waals surface area contributed by atoms with Gasteiger partial charge in [0.25, 0.3) is 0 Å². The van der Waals surface area contributed by atoms with Crippen LogP contribution >= 0.6 is 0 Å². The monoisotopic (exact) mass is 216 g/mol. The van der Waals surface area contributed by atoms with Gasteiger partial charge >= 0.3 is 0 Å². The lowest BCUT2D eigenvalue weighted by Gasteiger charge is -2.39. The van der Waals surface area contributed by atoms with Crippen molar-refractivity contribution in [2.24, 2.45) is 5.41 Å². The second-order valence-corrected chi connectivity index (χ2v) is 5.57. The molecular weight excluding hydrogens is 196 g/mol. The lowest BCUT2D eigenvalue weighted by atomic mass is 9.81. The molecule has 0 radical (unpaired) electrons. The number of hydrogen-bond acceptors (Lipinski definition) is 2. The molecule has 16 heavy (non-hydrogen) atoms. The normalized spacial score (nSPS) is 22.5. The van der Waals surface area contributed by atoms with Gasteiger partial charge in [-0.2, -0.15) is 0 Å². The molecule has 3 rings (SSSR count). The first-order chi connectivity index (χ1) is 7.69. The number of anilines is 1. The molecule has 2 aliphatic heterocycles. The van der Waals surface area contributed by atoms with Crippen LogP contribution in [-0.4, -0.2) is 26.2 Å². The van der Waals surface area contributed by atoms with E-state index in [0.717, 1.165) is 0 Å². The molecule has 86 valence electrons. The van der Waals surface area contributed by atoms with Crippen LogP contribution in [0.2, 0.25) is 0 Å². The second-order valence-electron chi connectivity index (χ2n) is 5.57. The van der Waals surface area contributed by atoms with Crippen molar-refractivity contribution in [2.75, 3.05) is 31.1 Å². The molecule has 0 atom stereocenters. The van der Waals surface area contributed by atoms with Gasteiger partial charge in [0.2, 0.25) is 0 Å². The molecule has 2 heteroatoms. The van der Waals surface area contributed by atoms with Crippen LogP contribution in [0.4, 0.5) is 5.69 Å². The van der Waals surface area contributed by atoms with E-state index in [1.165, 1.54) is 49.4 Å². The summed E-state index contributed by atoms with van der Waals surface area (Å²) in [5, 5.41) is 3.41. The van der Waals surface area contributed by atoms with Crippen molar-refractivity contribution in [2.45, 2.75) is 20.3 Å². The Bertz CT molecular complexity index is 407. The van der Waals surface area contributed by atoms with Crippen LogP contribution in [0.25, 0.3) is 0 Å². The fourth-order valence-corrected chi connectivity index (χ4v) is 3.07. The summed E-state index contributed by atoms with van der Waals surface area (Å²) in [6, 6.07) is 6.81. The first kappa shape index (κ1) is 10.2. The molecule has 2 nitrogen and oxygen atoms in total. The molecule has 1 aromatic carbocycles. The highest BCUT2D eigenvalue weighted by Gasteiger charge is 2.43. The van der Waals surface area contributed by atoms with Gasteiger partial charge in [-0.3, -0.25) is 0 Å². The van der Waals surface area contributed by atoms with E-state index < -0.39 is 0 Å². The molecule has 1 spiro atoms. The summed E-state index contributed by atoms with van der Waals surface area (Å²) >= 11 is 0. The Balaban J connectivity index is 1.83. The number of nitrogens with zero attached hydrogens (tertiary/aromatic N) is 1. The zero-order valence-corrected chi connectivity index (χ0v) is 10.2. The molecule has 1 N–H and O–H groups in total. The van der Waals surface area contributed by atoms with Gasteiger partial charge in [-0.25, -0.2) is 0 Å². The summed E-state index contributed by atoms with van der Waals surface area (Å²) in [5.41, 5.74) is 4.82. The van der Waals surface area contributed by atoms with Gasteiger partial charge in [0.05, 0.1) is 0 Å². The standard InChI is InChI=1S/C14H20N2/c1-11-3-4-13(12(2)7-11)16-6-5-14(10-16)8-15-9-14/h3-4,7,15H,5-6,8-10H2,1-2H3. The molecule has 0 amide bonds. The molecule has 2 aliphatic rings. The highest BCUT2D eigenvalue weighted by molar-refractivity contribution is 5.55. The molecule has 2 saturated heterocycles. The predicted octanol–water partition coefficient (Wildman–Crippen LogP) is 2.10. The van der Waals surface area contributed by atoms with E-state index in [9.17, 15) is 0 Å². The third-order valence-corrected chi connectivity index (χ3v) is 4.13. The third-order valence-electron chi connectivity index (χ3n) is 4.13. The van der Waals surface area contributed by atoms with E-state index in [1.54, 1.807) is 0 Å². The van der Waals surface area contributed by atoms with Crippen molar-refractivity contribution in [3.8, 4) is 0 Å². The van der Waals surface area contributed by atoms with Crippen LogP contribution < -0.4 is 10.2 Å². The number of nitrogens with one attached hydrogen (secondary N) is 1. The zero-order valence-electron chi connectivity index (χ0n) is 10.2. The van der Waals surface area contributed by atoms with E-state index in [1.807, 2.05) is 0 Å². The molecule has 2 heterocycles. The Morgan fingerprint density at radius 3 is 2.62 bits per heavy atom. The zero-order chi connectivity index (χ0) is 11.2. The van der Waals surface area contributed by atoms with E-state index in [4.69, 9.17) is 0 Å². The smallest absolute Gasteiger partial charge is 0.0396 e. The van der Waals surface area contributed by atoms with Crippen LogP contribution in [0.15, 0.2) is 18.2 Å². The van der Waals surface area contributed by atoms with Crippen molar-refractivity contribution in [1.29, 1.82) is 0 Å². The van der Waals surface area contributed by atoms with E-state index in [0.29, 0.717) is 5.41 Å². The number of hydrogen-bond donors (Lipinski definition) is 1. The van der Waals surface area contributed by atoms with Gasteiger partial charge in [-0.1, -0.05) is 17.7 Å². The van der Waals surface area contributed by atoms with Crippen molar-refractivity contribution >= 4 is 5.69 Å². The van der Waals surface area contributed by atoms with Gasteiger partial charge in [0, 0.05) is 37.3 Å². The van der Waals surface area contributed by atoms with E-state index in [2.05, 4.69) is 42.3 Å². The van der Waals surface area contributed by atoms with Crippen LogP contribution in [-0.2, 0) is 0 Å². The summed E-state index contributed by atoms with van der Waals surface area (Å²) in [5.74, 6) is 0. The minimum Gasteiger partial charge on any atom is -0.371 e. The SMILES string of the molecule is Cc1ccc(N2CCC3(CNC3)C2)c(C)c1. The van der Waals surface area contributed by atoms with Gasteiger partial charge < -0.3 is 10.2 Å². The molecule has 0 aromatic heterocycles. The van der Waals surface area contributed by atoms with Crippen molar-refractivity contribution in [3.05, 3.63) is 29.3 Å². The van der Waals surface area contributed by atoms with Crippen molar-refractivity contribution in [3.63, 3.8) is 0 Å². The van der Waals surface area contributed by atoms with Crippen LogP contribution in [0.5, 0.6) is 0 Å². The van der Waals surface area contributed by atoms with Crippen LogP contribution in [0, 0.1) is 19.3 Å². The van der Waals surface area contributed by atoms with Gasteiger partial charge in [-0.15, -0.1) is 0 Å². The Kier molecular flexibility index (Phi) is 2.21. The quantitative estimate of drug-likeness (QED) is 0.773. The number of benzene rings is 1. The van der Waals surface area contributed by atoms with Gasteiger partial charge in [0.1, 0.15) is 0 Å². The summed E-state index contributed by atoms with van der Waals surface area (Å²) in [6.45, 7) is 9.29. The molecule has 0 saturated carbocycles. The largest absolute Gasteiger partial charge is 0.371 e. The number of aryl methyl sites for hydroxylation is 2. The highest BCUT2D eigenvalue weighted by Crippen LogP contribution is 2.37. The molecule has 2 fully saturated rings. The van der Waals surface area contributed by atoms with Crippen molar-refractivity contribution < 1.29 is 0 Å². The average molecular weight is 216 g/mol. The molecule has 0 bridgehead atoms. The maximum absolute atomic E-state index is 3.41. The minimum atomic E-state index is 0.595. The average Bonchev–Trinajstić information content (AvgIpc) is 2.62. The lowest BCUT2D eigenvalue weighted by Crippen LogP contribution is -2.54. The van der Waals surface area contributed by atoms with E-state index in [-0.39, 0.29) is 0 Å². The summed E-state index contributed by atoms with van der Waals surface area (Å²) in [6.07, 6.45) is 1.35. The van der Waals surface area contributed by atoms with Gasteiger partial charge in [-0.05, 0) is 31.9 Å². The predicted molar refractivity (Wildman–Crippen MR) is 68.0 cm³/mol. The third kappa shape index (κ3) is 1.52. The minimum absolute atomic E-state index is 0.595. The highest BCUT2D eigenvalue weighted by atomic mass is 15.2. The Morgan fingerprint density at radius 2 is 2.06 bits per heavy atom. The summed E-state index contributed by atoms with van der Waals surface area (Å²) in [7, 11) is 0. The summed E-state index contributed by atoms with van der Waals surface area (Å²) in [4.78, 5) is 2.57. The maximum atomic E-state index is 3.41. The molecule has 0 unspecified atom stereocenters. The summed E-state index contributed by atoms with van der Waals surface area (Å²) < 4.78 is 0. The van der Waals surface area contributed by atoms with Crippen LogP contribution in [0.1, 0.15) is 17.5 Å². The Morgan fingerprint density at radius 1 is 1.25 bits per heavy atom. The topological polar surface area (TPSA) is 15.3 Å². The second kappa shape index (κ2) is 3.49. The molecular formula is C14H20N2. The lowest BCUT2D eigenvalue weighted by molar-refractivity contribution is 0.200. The molecule has 0 aliphatic carbocycles. The Labute approximate surface area is 97.6 Å².